The predicted molar refractivity (Wildman–Crippen MR) is 133 cm³/mol. The normalized spacial score (nSPS) is 14.1. The van der Waals surface area contributed by atoms with Crippen molar-refractivity contribution >= 4 is 16.9 Å². The molecule has 2 heterocycles. The Hall–Kier alpha value is -3.92. The van der Waals surface area contributed by atoms with E-state index in [4.69, 9.17) is 23.4 Å². The molecule has 3 aromatic rings. The highest BCUT2D eigenvalue weighted by molar-refractivity contribution is 5.89. The van der Waals surface area contributed by atoms with E-state index >= 15 is 0 Å². The van der Waals surface area contributed by atoms with E-state index in [0.29, 0.717) is 49.1 Å². The molecule has 1 aromatic heterocycles. The average molecular weight is 499 g/mol. The number of carbonyl (C=O) groups excluding carboxylic acids is 1. The van der Waals surface area contributed by atoms with Crippen LogP contribution in [-0.2, 0) is 4.79 Å². The first-order valence-electron chi connectivity index (χ1n) is 11.6. The molecule has 0 radical (unpaired) electrons. The number of nitrogens with zero attached hydrogens (tertiary/aromatic N) is 2. The number of methoxy groups -OCH3 is 3. The number of hydrogen-bond acceptors (Lipinski definition) is 9. The highest BCUT2D eigenvalue weighted by atomic mass is 16.5. The zero-order valence-electron chi connectivity index (χ0n) is 20.8. The zero-order chi connectivity index (χ0) is 25.8. The molecule has 1 amide bonds. The van der Waals surface area contributed by atoms with Crippen molar-refractivity contribution in [2.45, 2.75) is 6.92 Å². The average Bonchev–Trinajstić information content (AvgIpc) is 2.88. The summed E-state index contributed by atoms with van der Waals surface area (Å²) in [4.78, 5) is 28.5. The van der Waals surface area contributed by atoms with Crippen LogP contribution >= 0.6 is 0 Å². The second kappa shape index (κ2) is 10.8. The van der Waals surface area contributed by atoms with E-state index in [0.717, 1.165) is 13.1 Å². The molecule has 36 heavy (non-hydrogen) atoms. The van der Waals surface area contributed by atoms with Gasteiger partial charge < -0.3 is 33.4 Å². The molecule has 1 saturated heterocycles. The number of phenols is 1. The van der Waals surface area contributed by atoms with Crippen molar-refractivity contribution in [2.75, 3.05) is 60.7 Å². The van der Waals surface area contributed by atoms with E-state index < -0.39 is 5.43 Å². The lowest BCUT2D eigenvalue weighted by atomic mass is 10.1. The lowest BCUT2D eigenvalue weighted by Crippen LogP contribution is -2.48. The third-order valence-corrected chi connectivity index (χ3v) is 6.27. The fourth-order valence-electron chi connectivity index (χ4n) is 4.27. The molecule has 2 aromatic carbocycles. The van der Waals surface area contributed by atoms with Crippen molar-refractivity contribution in [1.82, 2.24) is 9.80 Å². The number of phenolic OH excluding ortho intramolecular Hbond substituents is 1. The molecule has 10 heteroatoms. The van der Waals surface area contributed by atoms with E-state index in [1.807, 2.05) is 4.90 Å². The molecule has 10 nitrogen and oxygen atoms in total. The number of fused-ring (bicyclic) bond motifs is 1. The van der Waals surface area contributed by atoms with Crippen molar-refractivity contribution in [2.24, 2.45) is 0 Å². The summed E-state index contributed by atoms with van der Waals surface area (Å²) in [5.74, 6) is 1.40. The van der Waals surface area contributed by atoms with Gasteiger partial charge in [0.15, 0.2) is 28.4 Å². The summed E-state index contributed by atoms with van der Waals surface area (Å²) in [6.45, 7) is 5.40. The molecule has 1 aliphatic heterocycles. The number of aromatic hydroxyl groups is 1. The summed E-state index contributed by atoms with van der Waals surface area (Å²) in [5, 5.41) is 10.8. The molecular weight excluding hydrogens is 468 g/mol. The van der Waals surface area contributed by atoms with Gasteiger partial charge in [0.1, 0.15) is 23.3 Å². The Labute approximate surface area is 208 Å². The fraction of sp³-hybridized carbons (Fsp3) is 0.385. The minimum Gasteiger partial charge on any atom is -0.504 e. The topological polar surface area (TPSA) is 111 Å². The molecule has 0 aliphatic carbocycles. The maximum atomic E-state index is 12.9. The summed E-state index contributed by atoms with van der Waals surface area (Å²) in [6, 6.07) is 8.03. The van der Waals surface area contributed by atoms with E-state index in [-0.39, 0.29) is 34.1 Å². The van der Waals surface area contributed by atoms with Crippen LogP contribution in [0.25, 0.3) is 22.3 Å². The van der Waals surface area contributed by atoms with E-state index in [1.54, 1.807) is 31.2 Å². The van der Waals surface area contributed by atoms with Crippen LogP contribution in [-0.4, -0.2) is 81.5 Å². The van der Waals surface area contributed by atoms with Gasteiger partial charge in [-0.2, -0.15) is 0 Å². The molecule has 0 unspecified atom stereocenters. The summed E-state index contributed by atoms with van der Waals surface area (Å²) >= 11 is 0. The first-order chi connectivity index (χ1) is 17.4. The SMILES string of the molecule is COc1ccc(-c2cc(=O)c3c(O)c(OC)c(OCCN4CCN(C(C)=O)CC4)cc3o2)cc1OC. The predicted octanol–water partition coefficient (Wildman–Crippen LogP) is 2.73. The van der Waals surface area contributed by atoms with E-state index in [1.165, 1.54) is 27.4 Å². The van der Waals surface area contributed by atoms with E-state index in [9.17, 15) is 14.7 Å². The first-order valence-corrected chi connectivity index (χ1v) is 11.6. The molecule has 1 aliphatic rings. The lowest BCUT2D eigenvalue weighted by molar-refractivity contribution is -0.130. The molecule has 4 rings (SSSR count). The molecule has 0 spiro atoms. The Morgan fingerprint density at radius 3 is 2.33 bits per heavy atom. The fourth-order valence-corrected chi connectivity index (χ4v) is 4.27. The van der Waals surface area contributed by atoms with Gasteiger partial charge in [-0.25, -0.2) is 0 Å². The third-order valence-electron chi connectivity index (χ3n) is 6.27. The van der Waals surface area contributed by atoms with Gasteiger partial charge in [0, 0.05) is 57.3 Å². The zero-order valence-corrected chi connectivity index (χ0v) is 20.8. The van der Waals surface area contributed by atoms with Crippen LogP contribution in [0.4, 0.5) is 0 Å². The number of amides is 1. The Balaban J connectivity index is 1.60. The van der Waals surface area contributed by atoms with Crippen LogP contribution in [0.2, 0.25) is 0 Å². The number of hydrogen-bond donors (Lipinski definition) is 1. The van der Waals surface area contributed by atoms with Gasteiger partial charge >= 0.3 is 0 Å². The van der Waals surface area contributed by atoms with Crippen molar-refractivity contribution in [3.8, 4) is 40.1 Å². The Bertz CT molecular complexity index is 1310. The number of rotatable bonds is 8. The van der Waals surface area contributed by atoms with Crippen molar-refractivity contribution in [3.63, 3.8) is 0 Å². The molecular formula is C26H30N2O8. The van der Waals surface area contributed by atoms with Gasteiger partial charge in [-0.3, -0.25) is 14.5 Å². The lowest BCUT2D eigenvalue weighted by Gasteiger charge is -2.34. The minimum absolute atomic E-state index is 0.00350. The molecule has 1 fully saturated rings. The van der Waals surface area contributed by atoms with Crippen LogP contribution in [0, 0.1) is 0 Å². The second-order valence-corrected chi connectivity index (χ2v) is 8.37. The highest BCUT2D eigenvalue weighted by Crippen LogP contribution is 2.42. The maximum Gasteiger partial charge on any atom is 0.219 e. The molecule has 0 bridgehead atoms. The van der Waals surface area contributed by atoms with Crippen LogP contribution in [0.3, 0.4) is 0 Å². The van der Waals surface area contributed by atoms with Gasteiger partial charge in [-0.15, -0.1) is 0 Å². The summed E-state index contributed by atoms with van der Waals surface area (Å²) in [6.07, 6.45) is 0. The number of ether oxygens (including phenoxy) is 4. The number of carbonyl (C=O) groups is 1. The Morgan fingerprint density at radius 1 is 0.972 bits per heavy atom. The quantitative estimate of drug-likeness (QED) is 0.501. The van der Waals surface area contributed by atoms with Crippen LogP contribution in [0.1, 0.15) is 6.92 Å². The monoisotopic (exact) mass is 498 g/mol. The van der Waals surface area contributed by atoms with Crippen LogP contribution < -0.4 is 24.4 Å². The van der Waals surface area contributed by atoms with Gasteiger partial charge in [0.2, 0.25) is 11.7 Å². The second-order valence-electron chi connectivity index (χ2n) is 8.37. The van der Waals surface area contributed by atoms with Gasteiger partial charge in [-0.05, 0) is 18.2 Å². The van der Waals surface area contributed by atoms with Crippen molar-refractivity contribution in [1.29, 1.82) is 0 Å². The summed E-state index contributed by atoms with van der Waals surface area (Å²) in [7, 11) is 4.46. The molecule has 192 valence electrons. The largest absolute Gasteiger partial charge is 0.504 e. The first kappa shape index (κ1) is 25.2. The third kappa shape index (κ3) is 5.03. The van der Waals surface area contributed by atoms with Crippen LogP contribution in [0.15, 0.2) is 39.5 Å². The minimum atomic E-state index is -0.424. The van der Waals surface area contributed by atoms with Gasteiger partial charge in [0.05, 0.1) is 21.3 Å². The maximum absolute atomic E-state index is 12.9. The molecule has 0 atom stereocenters. The number of benzene rings is 2. The standard InChI is InChI=1S/C26H30N2O8/c1-16(29)28-9-7-27(8-10-28)11-12-35-23-15-22-24(25(31)26(23)34-4)18(30)14-20(36-22)17-5-6-19(32-2)21(13-17)33-3/h5-6,13-15,31H,7-12H2,1-4H3. The smallest absolute Gasteiger partial charge is 0.219 e. The number of piperazine rings is 1. The molecule has 1 N–H and O–H groups in total. The van der Waals surface area contributed by atoms with Crippen LogP contribution in [0.5, 0.6) is 28.7 Å². The summed E-state index contributed by atoms with van der Waals surface area (Å²) in [5.41, 5.74) is 0.344. The van der Waals surface area contributed by atoms with Gasteiger partial charge in [-0.1, -0.05) is 0 Å². The molecule has 0 saturated carbocycles. The highest BCUT2D eigenvalue weighted by Gasteiger charge is 2.22. The van der Waals surface area contributed by atoms with Gasteiger partial charge in [0.25, 0.3) is 0 Å². The summed E-state index contributed by atoms with van der Waals surface area (Å²) < 4.78 is 27.9. The van der Waals surface area contributed by atoms with Crippen molar-refractivity contribution in [3.05, 3.63) is 40.6 Å². The Morgan fingerprint density at radius 2 is 1.69 bits per heavy atom. The Kier molecular flexibility index (Phi) is 7.54. The van der Waals surface area contributed by atoms with Crippen molar-refractivity contribution < 1.29 is 33.3 Å². The van der Waals surface area contributed by atoms with E-state index in [2.05, 4.69) is 4.90 Å².